The van der Waals surface area contributed by atoms with Crippen molar-refractivity contribution in [3.05, 3.63) is 29.8 Å². The van der Waals surface area contributed by atoms with Gasteiger partial charge >= 0.3 is 0 Å². The van der Waals surface area contributed by atoms with Crippen molar-refractivity contribution in [3.8, 4) is 0 Å². The van der Waals surface area contributed by atoms with Gasteiger partial charge in [-0.05, 0) is 49.9 Å². The zero-order chi connectivity index (χ0) is 13.9. The maximum Gasteiger partial charge on any atom is 0.0369 e. The fourth-order valence-corrected chi connectivity index (χ4v) is 2.75. The van der Waals surface area contributed by atoms with Gasteiger partial charge in [-0.25, -0.2) is 0 Å². The van der Waals surface area contributed by atoms with Crippen LogP contribution in [-0.2, 0) is 0 Å². The minimum Gasteiger partial charge on any atom is -0.370 e. The van der Waals surface area contributed by atoms with E-state index in [4.69, 9.17) is 0 Å². The number of nitrogens with zero attached hydrogens (tertiary/aromatic N) is 1. The summed E-state index contributed by atoms with van der Waals surface area (Å²) in [6.45, 7) is 12.5. The second-order valence-electron chi connectivity index (χ2n) is 6.37. The van der Waals surface area contributed by atoms with Crippen molar-refractivity contribution in [1.82, 2.24) is 5.32 Å². The Labute approximate surface area is 118 Å². The van der Waals surface area contributed by atoms with Crippen LogP contribution in [0.4, 0.5) is 5.69 Å². The molecule has 0 saturated carbocycles. The molecule has 19 heavy (non-hydrogen) atoms. The van der Waals surface area contributed by atoms with E-state index in [0.717, 1.165) is 19.6 Å². The van der Waals surface area contributed by atoms with Crippen molar-refractivity contribution in [2.24, 2.45) is 0 Å². The van der Waals surface area contributed by atoms with Crippen molar-refractivity contribution in [2.75, 3.05) is 24.5 Å². The van der Waals surface area contributed by atoms with Crippen LogP contribution in [0.3, 0.4) is 0 Å². The Morgan fingerprint density at radius 1 is 1.37 bits per heavy atom. The van der Waals surface area contributed by atoms with Crippen molar-refractivity contribution < 1.29 is 0 Å². The van der Waals surface area contributed by atoms with Crippen LogP contribution < -0.4 is 10.2 Å². The van der Waals surface area contributed by atoms with E-state index in [-0.39, 0.29) is 5.54 Å². The number of hydrogen-bond donors (Lipinski definition) is 1. The summed E-state index contributed by atoms with van der Waals surface area (Å²) < 4.78 is 0. The lowest BCUT2D eigenvalue weighted by Crippen LogP contribution is -2.48. The Balaban J connectivity index is 2.22. The molecule has 1 aliphatic heterocycles. The third kappa shape index (κ3) is 3.50. The minimum absolute atomic E-state index is 0.240. The molecule has 0 aromatic heterocycles. The number of hydrogen-bond acceptors (Lipinski definition) is 2. The first-order valence-electron chi connectivity index (χ1n) is 7.64. The number of rotatable bonds is 3. The Morgan fingerprint density at radius 2 is 2.16 bits per heavy atom. The second kappa shape index (κ2) is 5.96. The number of anilines is 1. The van der Waals surface area contributed by atoms with Gasteiger partial charge in [0.2, 0.25) is 0 Å². The van der Waals surface area contributed by atoms with E-state index in [2.05, 4.69) is 62.2 Å². The topological polar surface area (TPSA) is 15.3 Å². The van der Waals surface area contributed by atoms with E-state index >= 15 is 0 Å². The molecule has 1 unspecified atom stereocenters. The fourth-order valence-electron chi connectivity index (χ4n) is 2.75. The van der Waals surface area contributed by atoms with E-state index in [1.54, 1.807) is 0 Å². The predicted molar refractivity (Wildman–Crippen MR) is 84.1 cm³/mol. The molecule has 0 spiro atoms. The molecule has 1 N–H and O–H groups in total. The molecule has 0 radical (unpaired) electrons. The van der Waals surface area contributed by atoms with Crippen LogP contribution in [0.2, 0.25) is 0 Å². The molecule has 106 valence electrons. The van der Waals surface area contributed by atoms with Crippen LogP contribution in [0.25, 0.3) is 0 Å². The first kappa shape index (κ1) is 14.4. The van der Waals surface area contributed by atoms with Gasteiger partial charge in [-0.15, -0.1) is 0 Å². The highest BCUT2D eigenvalue weighted by atomic mass is 15.2. The molecule has 1 atom stereocenters. The van der Waals surface area contributed by atoms with Gasteiger partial charge in [0.1, 0.15) is 0 Å². The molecule has 1 fully saturated rings. The highest BCUT2D eigenvalue weighted by molar-refractivity contribution is 5.50. The summed E-state index contributed by atoms with van der Waals surface area (Å²) in [7, 11) is 0. The lowest BCUT2D eigenvalue weighted by molar-refractivity contribution is 0.366. The first-order valence-corrected chi connectivity index (χ1v) is 7.64. The summed E-state index contributed by atoms with van der Waals surface area (Å²) in [6.07, 6.45) is 2.40. The quantitative estimate of drug-likeness (QED) is 0.890. The lowest BCUT2D eigenvalue weighted by Gasteiger charge is -2.34. The Bertz CT molecular complexity index is 413. The lowest BCUT2D eigenvalue weighted by atomic mass is 9.97. The maximum atomic E-state index is 3.70. The van der Waals surface area contributed by atoms with Gasteiger partial charge in [-0.3, -0.25) is 0 Å². The van der Waals surface area contributed by atoms with Gasteiger partial charge in [-0.2, -0.15) is 0 Å². The highest BCUT2D eigenvalue weighted by Crippen LogP contribution is 2.25. The number of benzene rings is 1. The van der Waals surface area contributed by atoms with E-state index < -0.39 is 0 Å². The Kier molecular flexibility index (Phi) is 4.51. The molecule has 0 amide bonds. The molecular formula is C17H28N2. The smallest absolute Gasteiger partial charge is 0.0369 e. The van der Waals surface area contributed by atoms with Gasteiger partial charge < -0.3 is 10.2 Å². The molecule has 1 aromatic carbocycles. The highest BCUT2D eigenvalue weighted by Gasteiger charge is 2.27. The Hall–Kier alpha value is -1.02. The zero-order valence-corrected chi connectivity index (χ0v) is 12.9. The van der Waals surface area contributed by atoms with E-state index in [1.807, 2.05) is 0 Å². The van der Waals surface area contributed by atoms with E-state index in [1.165, 1.54) is 24.1 Å². The fraction of sp³-hybridized carbons (Fsp3) is 0.647. The van der Waals surface area contributed by atoms with Crippen molar-refractivity contribution in [1.29, 1.82) is 0 Å². The third-order valence-electron chi connectivity index (χ3n) is 4.38. The molecule has 1 heterocycles. The summed E-state index contributed by atoms with van der Waals surface area (Å²) in [5, 5.41) is 3.70. The van der Waals surface area contributed by atoms with E-state index in [0.29, 0.717) is 5.92 Å². The average molecular weight is 260 g/mol. The summed E-state index contributed by atoms with van der Waals surface area (Å²) >= 11 is 0. The van der Waals surface area contributed by atoms with Crippen molar-refractivity contribution in [3.63, 3.8) is 0 Å². The van der Waals surface area contributed by atoms with Crippen LogP contribution in [0, 0.1) is 0 Å². The van der Waals surface area contributed by atoms with Crippen molar-refractivity contribution >= 4 is 5.69 Å². The molecular weight excluding hydrogens is 232 g/mol. The van der Waals surface area contributed by atoms with Crippen LogP contribution in [-0.4, -0.2) is 25.2 Å². The van der Waals surface area contributed by atoms with Gasteiger partial charge in [-0.1, -0.05) is 32.9 Å². The summed E-state index contributed by atoms with van der Waals surface area (Å²) in [4.78, 5) is 2.55. The molecule has 1 aliphatic rings. The van der Waals surface area contributed by atoms with Crippen LogP contribution >= 0.6 is 0 Å². The third-order valence-corrected chi connectivity index (χ3v) is 4.38. The van der Waals surface area contributed by atoms with Crippen molar-refractivity contribution in [2.45, 2.75) is 52.0 Å². The largest absolute Gasteiger partial charge is 0.370 e. The molecule has 1 saturated heterocycles. The number of nitrogens with one attached hydrogen (secondary N) is 1. The second-order valence-corrected chi connectivity index (χ2v) is 6.37. The SMILES string of the molecule is CCC1(C)CN(c2cccc(C(C)C)c2)CCCN1. The molecule has 0 aliphatic carbocycles. The van der Waals surface area contributed by atoms with Gasteiger partial charge in [0.15, 0.2) is 0 Å². The minimum atomic E-state index is 0.240. The monoisotopic (exact) mass is 260 g/mol. The molecule has 0 bridgehead atoms. The maximum absolute atomic E-state index is 3.70. The van der Waals surface area contributed by atoms with E-state index in [9.17, 15) is 0 Å². The molecule has 1 aromatic rings. The summed E-state index contributed by atoms with van der Waals surface area (Å²) in [5.74, 6) is 0.600. The average Bonchev–Trinajstić information content (AvgIpc) is 2.62. The summed E-state index contributed by atoms with van der Waals surface area (Å²) in [6, 6.07) is 9.06. The molecule has 2 rings (SSSR count). The standard InChI is InChI=1S/C17H28N2/c1-5-17(4)13-19(11-7-10-18-17)16-9-6-8-15(12-16)14(2)3/h6,8-9,12,14,18H,5,7,10-11,13H2,1-4H3. The summed E-state index contributed by atoms with van der Waals surface area (Å²) in [5.41, 5.74) is 3.06. The first-order chi connectivity index (χ1) is 9.04. The van der Waals surface area contributed by atoms with Crippen LogP contribution in [0.5, 0.6) is 0 Å². The van der Waals surface area contributed by atoms with Gasteiger partial charge in [0, 0.05) is 24.3 Å². The van der Waals surface area contributed by atoms with Gasteiger partial charge in [0.25, 0.3) is 0 Å². The van der Waals surface area contributed by atoms with Crippen LogP contribution in [0.15, 0.2) is 24.3 Å². The zero-order valence-electron chi connectivity index (χ0n) is 12.9. The normalized spacial score (nSPS) is 24.6. The van der Waals surface area contributed by atoms with Gasteiger partial charge in [0.05, 0.1) is 0 Å². The molecule has 2 nitrogen and oxygen atoms in total. The Morgan fingerprint density at radius 3 is 2.84 bits per heavy atom. The molecule has 2 heteroatoms. The van der Waals surface area contributed by atoms with Crippen LogP contribution in [0.1, 0.15) is 52.0 Å². The predicted octanol–water partition coefficient (Wildman–Crippen LogP) is 3.78.